The van der Waals surface area contributed by atoms with Crippen LogP contribution in [0.4, 0.5) is 0 Å². The van der Waals surface area contributed by atoms with Crippen molar-refractivity contribution in [1.29, 1.82) is 0 Å². The van der Waals surface area contributed by atoms with E-state index in [9.17, 15) is 13.2 Å². The Bertz CT molecular complexity index is 536. The number of carbonyl (C=O) groups is 1. The molecule has 0 spiro atoms. The Morgan fingerprint density at radius 3 is 2.21 bits per heavy atom. The van der Waals surface area contributed by atoms with Crippen molar-refractivity contribution < 1.29 is 13.2 Å². The monoisotopic (exact) mass is 284 g/mol. The molecule has 0 aliphatic carbocycles. The van der Waals surface area contributed by atoms with Gasteiger partial charge in [-0.2, -0.15) is 0 Å². The lowest BCUT2D eigenvalue weighted by atomic mass is 10.1. The van der Waals surface area contributed by atoms with E-state index in [0.717, 1.165) is 5.56 Å². The second-order valence-corrected chi connectivity index (χ2v) is 6.60. The van der Waals surface area contributed by atoms with Gasteiger partial charge in [-0.15, -0.1) is 0 Å². The molecule has 0 fully saturated rings. The summed E-state index contributed by atoms with van der Waals surface area (Å²) in [6, 6.07) is 6.06. The van der Waals surface area contributed by atoms with Gasteiger partial charge in [0.15, 0.2) is 0 Å². The number of carbonyl (C=O) groups excluding carboxylic acids is 1. The molecule has 1 aromatic rings. The molecule has 1 amide bonds. The minimum Gasteiger partial charge on any atom is -0.345 e. The van der Waals surface area contributed by atoms with Crippen molar-refractivity contribution in [2.24, 2.45) is 11.1 Å². The second kappa shape index (κ2) is 6.16. The first-order chi connectivity index (χ1) is 8.70. The van der Waals surface area contributed by atoms with E-state index in [1.165, 1.54) is 12.1 Å². The number of primary sulfonamides is 1. The Morgan fingerprint density at radius 1 is 1.26 bits per heavy atom. The third kappa shape index (κ3) is 5.00. The average molecular weight is 284 g/mol. The molecule has 0 unspecified atom stereocenters. The van der Waals surface area contributed by atoms with Crippen LogP contribution in [0.15, 0.2) is 29.2 Å². The first-order valence-electron chi connectivity index (χ1n) is 6.06. The van der Waals surface area contributed by atoms with Gasteiger partial charge in [-0.3, -0.25) is 4.79 Å². The molecule has 2 N–H and O–H groups in total. The Kier molecular flexibility index (Phi) is 5.08. The summed E-state index contributed by atoms with van der Waals surface area (Å²) in [6.45, 7) is 4.80. The number of nitrogens with two attached hydrogens (primary N) is 1. The predicted molar refractivity (Wildman–Crippen MR) is 74.0 cm³/mol. The van der Waals surface area contributed by atoms with Gasteiger partial charge in [-0.1, -0.05) is 26.0 Å². The summed E-state index contributed by atoms with van der Waals surface area (Å²) in [5.41, 5.74) is 0.771. The molecule has 0 bridgehead atoms. The summed E-state index contributed by atoms with van der Waals surface area (Å²) in [7, 11) is -1.91. The van der Waals surface area contributed by atoms with Crippen LogP contribution in [0.25, 0.3) is 0 Å². The van der Waals surface area contributed by atoms with Gasteiger partial charge in [-0.25, -0.2) is 13.6 Å². The van der Waals surface area contributed by atoms with Gasteiger partial charge in [0.2, 0.25) is 15.9 Å². The van der Waals surface area contributed by atoms with Crippen LogP contribution in [0.3, 0.4) is 0 Å². The zero-order valence-electron chi connectivity index (χ0n) is 11.5. The molecular weight excluding hydrogens is 264 g/mol. The van der Waals surface area contributed by atoms with Gasteiger partial charge in [0.25, 0.3) is 0 Å². The van der Waals surface area contributed by atoms with Gasteiger partial charge in [0.05, 0.1) is 11.3 Å². The number of sulfonamides is 1. The number of amides is 1. The van der Waals surface area contributed by atoms with Crippen LogP contribution in [-0.4, -0.2) is 32.8 Å². The summed E-state index contributed by atoms with van der Waals surface area (Å²) < 4.78 is 22.2. The minimum atomic E-state index is -3.68. The maximum Gasteiger partial charge on any atom is 0.238 e. The maximum atomic E-state index is 11.9. The van der Waals surface area contributed by atoms with Crippen molar-refractivity contribution in [2.75, 3.05) is 13.6 Å². The normalized spacial score (nSPS) is 11.6. The fraction of sp³-hybridized carbons (Fsp3) is 0.462. The van der Waals surface area contributed by atoms with E-state index in [0.29, 0.717) is 12.5 Å². The molecule has 0 heterocycles. The van der Waals surface area contributed by atoms with Crippen LogP contribution in [0.5, 0.6) is 0 Å². The van der Waals surface area contributed by atoms with E-state index in [1.54, 1.807) is 24.1 Å². The first-order valence-corrected chi connectivity index (χ1v) is 7.60. The van der Waals surface area contributed by atoms with Crippen molar-refractivity contribution >= 4 is 15.9 Å². The third-order valence-electron chi connectivity index (χ3n) is 2.67. The van der Waals surface area contributed by atoms with Crippen molar-refractivity contribution in [2.45, 2.75) is 25.2 Å². The fourth-order valence-corrected chi connectivity index (χ4v) is 2.27. The summed E-state index contributed by atoms with van der Waals surface area (Å²) >= 11 is 0. The van der Waals surface area contributed by atoms with E-state index in [4.69, 9.17) is 5.14 Å². The molecule has 5 nitrogen and oxygen atoms in total. The third-order valence-corrected chi connectivity index (χ3v) is 3.60. The van der Waals surface area contributed by atoms with Gasteiger partial charge in [-0.05, 0) is 23.6 Å². The highest BCUT2D eigenvalue weighted by molar-refractivity contribution is 7.89. The summed E-state index contributed by atoms with van der Waals surface area (Å²) in [4.78, 5) is 13.6. The second-order valence-electron chi connectivity index (χ2n) is 5.03. The molecule has 1 rings (SSSR count). The van der Waals surface area contributed by atoms with Crippen LogP contribution in [0.2, 0.25) is 0 Å². The van der Waals surface area contributed by atoms with Gasteiger partial charge < -0.3 is 4.90 Å². The summed E-state index contributed by atoms with van der Waals surface area (Å²) in [6.07, 6.45) is 0.258. The minimum absolute atomic E-state index is 0.0112. The van der Waals surface area contributed by atoms with Crippen LogP contribution < -0.4 is 5.14 Å². The molecule has 106 valence electrons. The van der Waals surface area contributed by atoms with Gasteiger partial charge in [0, 0.05) is 13.6 Å². The molecule has 6 heteroatoms. The first kappa shape index (κ1) is 15.7. The lowest BCUT2D eigenvalue weighted by molar-refractivity contribution is -0.129. The number of hydrogen-bond acceptors (Lipinski definition) is 3. The number of rotatable bonds is 5. The highest BCUT2D eigenvalue weighted by Gasteiger charge is 2.12. The zero-order valence-corrected chi connectivity index (χ0v) is 12.3. The highest BCUT2D eigenvalue weighted by Crippen LogP contribution is 2.10. The number of hydrogen-bond donors (Lipinski definition) is 1. The van der Waals surface area contributed by atoms with Crippen LogP contribution >= 0.6 is 0 Å². The van der Waals surface area contributed by atoms with Gasteiger partial charge >= 0.3 is 0 Å². The SMILES string of the molecule is CC(C)CN(C)C(=O)Cc1ccc(S(N)(=O)=O)cc1. The van der Waals surface area contributed by atoms with Crippen LogP contribution in [-0.2, 0) is 21.2 Å². The molecule has 0 saturated heterocycles. The Balaban J connectivity index is 2.71. The molecule has 19 heavy (non-hydrogen) atoms. The van der Waals surface area contributed by atoms with Crippen molar-refractivity contribution in [3.63, 3.8) is 0 Å². The van der Waals surface area contributed by atoms with E-state index < -0.39 is 10.0 Å². The Hall–Kier alpha value is -1.40. The number of benzene rings is 1. The molecule has 1 aromatic carbocycles. The Labute approximate surface area is 114 Å². The fourth-order valence-electron chi connectivity index (χ4n) is 1.76. The molecule has 0 aliphatic rings. The van der Waals surface area contributed by atoms with Crippen molar-refractivity contribution in [1.82, 2.24) is 4.90 Å². The average Bonchev–Trinajstić information content (AvgIpc) is 2.27. The standard InChI is InChI=1S/C13H20N2O3S/c1-10(2)9-15(3)13(16)8-11-4-6-12(7-5-11)19(14,17)18/h4-7,10H,8-9H2,1-3H3,(H2,14,17,18). The smallest absolute Gasteiger partial charge is 0.238 e. The lowest BCUT2D eigenvalue weighted by Crippen LogP contribution is -2.31. The molecule has 0 aliphatic heterocycles. The lowest BCUT2D eigenvalue weighted by Gasteiger charge is -2.19. The molecular formula is C13H20N2O3S. The predicted octanol–water partition coefficient (Wildman–Crippen LogP) is 0.991. The quantitative estimate of drug-likeness (QED) is 0.875. The van der Waals surface area contributed by atoms with E-state index in [1.807, 2.05) is 13.8 Å². The number of nitrogens with zero attached hydrogens (tertiary/aromatic N) is 1. The summed E-state index contributed by atoms with van der Waals surface area (Å²) in [5.74, 6) is 0.427. The van der Waals surface area contributed by atoms with E-state index in [-0.39, 0.29) is 17.2 Å². The molecule has 0 aromatic heterocycles. The molecule has 0 radical (unpaired) electrons. The number of likely N-dealkylation sites (N-methyl/N-ethyl adjacent to an activating group) is 1. The van der Waals surface area contributed by atoms with Crippen molar-refractivity contribution in [3.05, 3.63) is 29.8 Å². The van der Waals surface area contributed by atoms with E-state index in [2.05, 4.69) is 0 Å². The van der Waals surface area contributed by atoms with E-state index >= 15 is 0 Å². The topological polar surface area (TPSA) is 80.5 Å². The van der Waals surface area contributed by atoms with Gasteiger partial charge in [0.1, 0.15) is 0 Å². The summed E-state index contributed by atoms with van der Waals surface area (Å²) in [5, 5.41) is 5.01. The largest absolute Gasteiger partial charge is 0.345 e. The molecule has 0 saturated carbocycles. The van der Waals surface area contributed by atoms with Crippen molar-refractivity contribution in [3.8, 4) is 0 Å². The Morgan fingerprint density at radius 2 is 1.79 bits per heavy atom. The molecule has 0 atom stereocenters. The van der Waals surface area contributed by atoms with Crippen LogP contribution in [0.1, 0.15) is 19.4 Å². The zero-order chi connectivity index (χ0) is 14.6. The highest BCUT2D eigenvalue weighted by atomic mass is 32.2. The maximum absolute atomic E-state index is 11.9. The van der Waals surface area contributed by atoms with Crippen LogP contribution in [0, 0.1) is 5.92 Å².